The average molecular weight is 269 g/mol. The van der Waals surface area contributed by atoms with Crippen LogP contribution < -0.4 is 0 Å². The number of carbonyl (C=O) groups is 3. The molecule has 0 bridgehead atoms. The van der Waals surface area contributed by atoms with Gasteiger partial charge in [0.05, 0.1) is 0 Å². The number of amides is 1. The largest absolute Gasteiger partial charge is 0.480 e. The third-order valence-electron chi connectivity index (χ3n) is 1.90. The highest BCUT2D eigenvalue weighted by molar-refractivity contribution is 7.10. The molecule has 0 fully saturated rings. The number of aliphatic carboxylic acids is 2. The Labute approximate surface area is 107 Å². The lowest BCUT2D eigenvalue weighted by molar-refractivity contribution is -0.147. The van der Waals surface area contributed by atoms with E-state index in [1.807, 2.05) is 5.38 Å². The predicted molar refractivity (Wildman–Crippen MR) is 65.2 cm³/mol. The molecule has 0 spiro atoms. The van der Waals surface area contributed by atoms with Crippen LogP contribution in [0.15, 0.2) is 23.6 Å². The highest BCUT2D eigenvalue weighted by Gasteiger charge is 2.17. The van der Waals surface area contributed by atoms with Crippen molar-refractivity contribution >= 4 is 35.3 Å². The van der Waals surface area contributed by atoms with Crippen molar-refractivity contribution in [3.05, 3.63) is 28.5 Å². The fourth-order valence-electron chi connectivity index (χ4n) is 1.18. The molecule has 1 heterocycles. The zero-order chi connectivity index (χ0) is 13.5. The predicted octanol–water partition coefficient (Wildman–Crippen LogP) is 0.759. The molecule has 7 heteroatoms. The molecule has 96 valence electrons. The van der Waals surface area contributed by atoms with Gasteiger partial charge in [-0.3, -0.25) is 14.4 Å². The van der Waals surface area contributed by atoms with Gasteiger partial charge in [-0.25, -0.2) is 0 Å². The van der Waals surface area contributed by atoms with E-state index in [9.17, 15) is 14.4 Å². The van der Waals surface area contributed by atoms with E-state index in [1.54, 1.807) is 12.1 Å². The van der Waals surface area contributed by atoms with Gasteiger partial charge >= 0.3 is 11.9 Å². The van der Waals surface area contributed by atoms with E-state index in [2.05, 4.69) is 0 Å². The van der Waals surface area contributed by atoms with E-state index in [0.717, 1.165) is 15.9 Å². The second-order valence-electron chi connectivity index (χ2n) is 3.33. The molecule has 1 rings (SSSR count). The molecule has 18 heavy (non-hydrogen) atoms. The summed E-state index contributed by atoms with van der Waals surface area (Å²) in [4.78, 5) is 34.2. The molecule has 0 unspecified atom stereocenters. The van der Waals surface area contributed by atoms with Gasteiger partial charge in [-0.15, -0.1) is 11.3 Å². The van der Waals surface area contributed by atoms with Gasteiger partial charge in [0.15, 0.2) is 0 Å². The Morgan fingerprint density at radius 2 is 1.83 bits per heavy atom. The summed E-state index contributed by atoms with van der Waals surface area (Å²) in [6, 6.07) is 3.59. The second-order valence-corrected chi connectivity index (χ2v) is 4.31. The Kier molecular flexibility index (Phi) is 5.06. The van der Waals surface area contributed by atoms with E-state index in [-0.39, 0.29) is 0 Å². The van der Waals surface area contributed by atoms with Crippen molar-refractivity contribution < 1.29 is 24.6 Å². The summed E-state index contributed by atoms with van der Waals surface area (Å²) in [5, 5.41) is 19.0. The summed E-state index contributed by atoms with van der Waals surface area (Å²) in [7, 11) is 0. The normalized spacial score (nSPS) is 10.4. The van der Waals surface area contributed by atoms with E-state index < -0.39 is 30.9 Å². The second kappa shape index (κ2) is 6.55. The van der Waals surface area contributed by atoms with Gasteiger partial charge in [0.2, 0.25) is 5.91 Å². The van der Waals surface area contributed by atoms with Gasteiger partial charge in [-0.2, -0.15) is 0 Å². The monoisotopic (exact) mass is 269 g/mol. The van der Waals surface area contributed by atoms with E-state index in [4.69, 9.17) is 10.2 Å². The number of rotatable bonds is 6. The Hall–Kier alpha value is -2.15. The standard InChI is InChI=1S/C11H11NO5S/c13-9(4-3-8-2-1-5-18-8)12(6-10(14)15)7-11(16)17/h1-5H,6-7H2,(H,14,15)(H,16,17)/b4-3+. The van der Waals surface area contributed by atoms with Crippen LogP contribution in [0.2, 0.25) is 0 Å². The van der Waals surface area contributed by atoms with Crippen molar-refractivity contribution in [2.75, 3.05) is 13.1 Å². The van der Waals surface area contributed by atoms with Crippen LogP contribution in [-0.2, 0) is 14.4 Å². The van der Waals surface area contributed by atoms with Crippen molar-refractivity contribution in [3.63, 3.8) is 0 Å². The van der Waals surface area contributed by atoms with Crippen LogP contribution in [0.5, 0.6) is 0 Å². The smallest absolute Gasteiger partial charge is 0.323 e. The Balaban J connectivity index is 2.69. The minimum atomic E-state index is -1.26. The molecule has 0 aliphatic rings. The fraction of sp³-hybridized carbons (Fsp3) is 0.182. The molecule has 0 aliphatic carbocycles. The molecule has 1 aromatic rings. The van der Waals surface area contributed by atoms with E-state index >= 15 is 0 Å². The van der Waals surface area contributed by atoms with Gasteiger partial charge in [0.1, 0.15) is 13.1 Å². The van der Waals surface area contributed by atoms with Crippen LogP contribution in [0.1, 0.15) is 4.88 Å². The molecule has 0 radical (unpaired) electrons. The number of carboxylic acids is 2. The van der Waals surface area contributed by atoms with Gasteiger partial charge in [0, 0.05) is 11.0 Å². The Bertz CT molecular complexity index is 450. The number of nitrogens with zero attached hydrogens (tertiary/aromatic N) is 1. The van der Waals surface area contributed by atoms with Crippen molar-refractivity contribution in [2.24, 2.45) is 0 Å². The lowest BCUT2D eigenvalue weighted by Crippen LogP contribution is -2.38. The first-order valence-electron chi connectivity index (χ1n) is 4.93. The van der Waals surface area contributed by atoms with Gasteiger partial charge in [0.25, 0.3) is 0 Å². The third-order valence-corrected chi connectivity index (χ3v) is 2.73. The van der Waals surface area contributed by atoms with Crippen LogP contribution in [0.4, 0.5) is 0 Å². The number of carbonyl (C=O) groups excluding carboxylic acids is 1. The zero-order valence-corrected chi connectivity index (χ0v) is 10.1. The molecular weight excluding hydrogens is 258 g/mol. The molecule has 2 N–H and O–H groups in total. The maximum atomic E-state index is 11.6. The van der Waals surface area contributed by atoms with Crippen LogP contribution in [0.3, 0.4) is 0 Å². The third kappa shape index (κ3) is 4.79. The summed E-state index contributed by atoms with van der Waals surface area (Å²) >= 11 is 1.41. The van der Waals surface area contributed by atoms with Gasteiger partial charge in [-0.05, 0) is 17.5 Å². The Morgan fingerprint density at radius 3 is 2.28 bits per heavy atom. The quantitative estimate of drug-likeness (QED) is 0.743. The fourth-order valence-corrected chi connectivity index (χ4v) is 1.80. The van der Waals surface area contributed by atoms with Gasteiger partial charge < -0.3 is 15.1 Å². The number of hydrogen-bond donors (Lipinski definition) is 2. The number of hydrogen-bond acceptors (Lipinski definition) is 4. The van der Waals surface area contributed by atoms with E-state index in [1.165, 1.54) is 17.4 Å². The molecule has 0 atom stereocenters. The Morgan fingerprint density at radius 1 is 1.22 bits per heavy atom. The molecule has 0 aliphatic heterocycles. The molecule has 0 saturated heterocycles. The van der Waals surface area contributed by atoms with Crippen LogP contribution in [0, 0.1) is 0 Å². The molecular formula is C11H11NO5S. The SMILES string of the molecule is O=C(O)CN(CC(=O)O)C(=O)/C=C/c1cccs1. The van der Waals surface area contributed by atoms with Crippen LogP contribution >= 0.6 is 11.3 Å². The lowest BCUT2D eigenvalue weighted by atomic mass is 10.3. The highest BCUT2D eigenvalue weighted by atomic mass is 32.1. The van der Waals surface area contributed by atoms with Crippen LogP contribution in [-0.4, -0.2) is 46.0 Å². The summed E-state index contributed by atoms with van der Waals surface area (Å²) < 4.78 is 0. The maximum absolute atomic E-state index is 11.6. The zero-order valence-electron chi connectivity index (χ0n) is 9.28. The van der Waals surface area contributed by atoms with Gasteiger partial charge in [-0.1, -0.05) is 6.07 Å². The van der Waals surface area contributed by atoms with Crippen LogP contribution in [0.25, 0.3) is 6.08 Å². The summed E-state index contributed by atoms with van der Waals surface area (Å²) in [6.45, 7) is -1.28. The number of thiophene rings is 1. The minimum Gasteiger partial charge on any atom is -0.480 e. The number of carboxylic acid groups (broad SMARTS) is 2. The molecule has 1 aromatic heterocycles. The first-order chi connectivity index (χ1) is 8.49. The molecule has 1 amide bonds. The summed E-state index contributed by atoms with van der Waals surface area (Å²) in [5.74, 6) is -3.16. The first kappa shape index (κ1) is 13.9. The van der Waals surface area contributed by atoms with Crippen molar-refractivity contribution in [2.45, 2.75) is 0 Å². The minimum absolute atomic E-state index is 0.639. The molecule has 0 aromatic carbocycles. The maximum Gasteiger partial charge on any atom is 0.323 e. The van der Waals surface area contributed by atoms with Crippen molar-refractivity contribution in [3.8, 4) is 0 Å². The highest BCUT2D eigenvalue weighted by Crippen LogP contribution is 2.10. The molecule has 6 nitrogen and oxygen atoms in total. The first-order valence-corrected chi connectivity index (χ1v) is 5.81. The topological polar surface area (TPSA) is 94.9 Å². The van der Waals surface area contributed by atoms with Crippen molar-refractivity contribution in [1.29, 1.82) is 0 Å². The summed E-state index contributed by atoms with van der Waals surface area (Å²) in [6.07, 6.45) is 2.68. The molecule has 0 saturated carbocycles. The lowest BCUT2D eigenvalue weighted by Gasteiger charge is -2.15. The van der Waals surface area contributed by atoms with Crippen molar-refractivity contribution in [1.82, 2.24) is 4.90 Å². The van der Waals surface area contributed by atoms with E-state index in [0.29, 0.717) is 0 Å². The summed E-state index contributed by atoms with van der Waals surface area (Å²) in [5.41, 5.74) is 0. The average Bonchev–Trinajstić information content (AvgIpc) is 2.76.